The van der Waals surface area contributed by atoms with Gasteiger partial charge in [0.2, 0.25) is 10.0 Å². The Balaban J connectivity index is 3.77. The summed E-state index contributed by atoms with van der Waals surface area (Å²) >= 11 is 0. The number of hydrogen-bond donors (Lipinski definition) is 1. The Morgan fingerprint density at radius 1 is 1.21 bits per heavy atom. The number of hydrogen-bond acceptors (Lipinski definition) is 3. The van der Waals surface area contributed by atoms with Gasteiger partial charge in [0.25, 0.3) is 0 Å². The molecule has 0 amide bonds. The highest BCUT2D eigenvalue weighted by atomic mass is 32.2. The van der Waals surface area contributed by atoms with Gasteiger partial charge in [-0.15, -0.1) is 0 Å². The average molecular weight is 222 g/mol. The SMILES string of the molecule is CN(C)S(=O)(=O)CCNCC(C)(C)C. The fourth-order valence-corrected chi connectivity index (χ4v) is 1.61. The van der Waals surface area contributed by atoms with E-state index in [-0.39, 0.29) is 11.2 Å². The van der Waals surface area contributed by atoms with E-state index in [1.165, 1.54) is 4.31 Å². The fraction of sp³-hybridized carbons (Fsp3) is 1.00. The summed E-state index contributed by atoms with van der Waals surface area (Å²) in [4.78, 5) is 0. The van der Waals surface area contributed by atoms with Crippen LogP contribution in [0.2, 0.25) is 0 Å². The van der Waals surface area contributed by atoms with Crippen molar-refractivity contribution in [2.75, 3.05) is 32.9 Å². The molecular formula is C9H22N2O2S. The van der Waals surface area contributed by atoms with Crippen molar-refractivity contribution >= 4 is 10.0 Å². The number of sulfonamides is 1. The van der Waals surface area contributed by atoms with E-state index in [2.05, 4.69) is 26.1 Å². The smallest absolute Gasteiger partial charge is 0.214 e. The molecule has 5 heteroatoms. The molecule has 0 saturated heterocycles. The lowest BCUT2D eigenvalue weighted by Gasteiger charge is -2.19. The summed E-state index contributed by atoms with van der Waals surface area (Å²) in [6, 6.07) is 0. The molecule has 0 aromatic heterocycles. The Kier molecular flexibility index (Phi) is 5.05. The van der Waals surface area contributed by atoms with Crippen LogP contribution < -0.4 is 5.32 Å². The molecule has 0 rings (SSSR count). The predicted molar refractivity (Wildman–Crippen MR) is 59.8 cm³/mol. The van der Waals surface area contributed by atoms with E-state index in [0.29, 0.717) is 6.54 Å². The van der Waals surface area contributed by atoms with Crippen molar-refractivity contribution in [3.05, 3.63) is 0 Å². The molecular weight excluding hydrogens is 200 g/mol. The van der Waals surface area contributed by atoms with Crippen LogP contribution in [0.5, 0.6) is 0 Å². The van der Waals surface area contributed by atoms with Gasteiger partial charge in [0.15, 0.2) is 0 Å². The summed E-state index contributed by atoms with van der Waals surface area (Å²) in [5, 5.41) is 3.13. The van der Waals surface area contributed by atoms with Gasteiger partial charge in [0.1, 0.15) is 0 Å². The first-order valence-electron chi connectivity index (χ1n) is 4.76. The molecule has 0 atom stereocenters. The van der Waals surface area contributed by atoms with Gasteiger partial charge in [0.05, 0.1) is 5.75 Å². The lowest BCUT2D eigenvalue weighted by molar-refractivity contribution is 0.384. The summed E-state index contributed by atoms with van der Waals surface area (Å²) in [6.07, 6.45) is 0. The third-order valence-corrected chi connectivity index (χ3v) is 3.58. The number of nitrogens with one attached hydrogen (secondary N) is 1. The molecule has 0 aromatic rings. The van der Waals surface area contributed by atoms with E-state index in [9.17, 15) is 8.42 Å². The minimum Gasteiger partial charge on any atom is -0.315 e. The van der Waals surface area contributed by atoms with Gasteiger partial charge in [-0.2, -0.15) is 0 Å². The maximum absolute atomic E-state index is 11.3. The molecule has 0 aliphatic heterocycles. The van der Waals surface area contributed by atoms with Crippen molar-refractivity contribution in [3.63, 3.8) is 0 Å². The molecule has 0 aliphatic carbocycles. The van der Waals surface area contributed by atoms with Gasteiger partial charge >= 0.3 is 0 Å². The summed E-state index contributed by atoms with van der Waals surface area (Å²) in [7, 11) is 0.0642. The van der Waals surface area contributed by atoms with Gasteiger partial charge in [-0.1, -0.05) is 20.8 Å². The largest absolute Gasteiger partial charge is 0.315 e. The molecule has 4 nitrogen and oxygen atoms in total. The van der Waals surface area contributed by atoms with Crippen LogP contribution >= 0.6 is 0 Å². The highest BCUT2D eigenvalue weighted by Crippen LogP contribution is 2.09. The van der Waals surface area contributed by atoms with Crippen molar-refractivity contribution in [2.24, 2.45) is 5.41 Å². The molecule has 0 bridgehead atoms. The highest BCUT2D eigenvalue weighted by molar-refractivity contribution is 7.89. The predicted octanol–water partition coefficient (Wildman–Crippen LogP) is 0.513. The molecule has 0 unspecified atom stereocenters. The molecule has 0 radical (unpaired) electrons. The maximum atomic E-state index is 11.3. The minimum absolute atomic E-state index is 0.163. The number of nitrogens with zero attached hydrogens (tertiary/aromatic N) is 1. The van der Waals surface area contributed by atoms with Crippen LogP contribution in [0.25, 0.3) is 0 Å². The van der Waals surface area contributed by atoms with Crippen molar-refractivity contribution in [1.29, 1.82) is 0 Å². The molecule has 0 fully saturated rings. The lowest BCUT2D eigenvalue weighted by Crippen LogP contribution is -2.34. The summed E-state index contributed by atoms with van der Waals surface area (Å²) in [5.74, 6) is 0.163. The van der Waals surface area contributed by atoms with Crippen molar-refractivity contribution in [2.45, 2.75) is 20.8 Å². The van der Waals surface area contributed by atoms with Crippen LogP contribution in [-0.4, -0.2) is 45.7 Å². The average Bonchev–Trinajstić information content (AvgIpc) is 1.96. The van der Waals surface area contributed by atoms with Crippen molar-refractivity contribution in [1.82, 2.24) is 9.62 Å². The first kappa shape index (κ1) is 13.9. The Bertz CT molecular complexity index is 252. The molecule has 86 valence electrons. The fourth-order valence-electron chi connectivity index (χ4n) is 0.847. The Morgan fingerprint density at radius 2 is 1.71 bits per heavy atom. The van der Waals surface area contributed by atoms with Crippen molar-refractivity contribution in [3.8, 4) is 0 Å². The van der Waals surface area contributed by atoms with Crippen molar-refractivity contribution < 1.29 is 8.42 Å². The third kappa shape index (κ3) is 6.34. The Morgan fingerprint density at radius 3 is 2.07 bits per heavy atom. The maximum Gasteiger partial charge on any atom is 0.214 e. The quantitative estimate of drug-likeness (QED) is 0.690. The molecule has 0 aromatic carbocycles. The molecule has 1 N–H and O–H groups in total. The normalized spacial score (nSPS) is 13.6. The summed E-state index contributed by atoms with van der Waals surface area (Å²) < 4.78 is 23.9. The zero-order chi connectivity index (χ0) is 11.4. The van der Waals surface area contributed by atoms with E-state index in [4.69, 9.17) is 0 Å². The van der Waals surface area contributed by atoms with E-state index < -0.39 is 10.0 Å². The van der Waals surface area contributed by atoms with E-state index in [0.717, 1.165) is 6.54 Å². The van der Waals surface area contributed by atoms with E-state index >= 15 is 0 Å². The third-order valence-electron chi connectivity index (χ3n) is 1.75. The summed E-state index contributed by atoms with van der Waals surface area (Å²) in [5.41, 5.74) is 0.196. The van der Waals surface area contributed by atoms with Gasteiger partial charge < -0.3 is 5.32 Å². The molecule has 0 saturated carbocycles. The topological polar surface area (TPSA) is 49.4 Å². The van der Waals surface area contributed by atoms with Gasteiger partial charge in [-0.3, -0.25) is 0 Å². The van der Waals surface area contributed by atoms with Crippen LogP contribution in [0.1, 0.15) is 20.8 Å². The number of rotatable bonds is 5. The van der Waals surface area contributed by atoms with Gasteiger partial charge in [-0.05, 0) is 5.41 Å². The van der Waals surface area contributed by atoms with Crippen LogP contribution in [0.3, 0.4) is 0 Å². The Labute approximate surface area is 87.7 Å². The standard InChI is InChI=1S/C9H22N2O2S/c1-9(2,3)8-10-6-7-14(12,13)11(4)5/h10H,6-8H2,1-5H3. The second-order valence-corrected chi connectivity index (χ2v) is 7.14. The second-order valence-electron chi connectivity index (χ2n) is 4.84. The molecule has 0 spiro atoms. The molecule has 0 aliphatic rings. The second kappa shape index (κ2) is 5.09. The van der Waals surface area contributed by atoms with Gasteiger partial charge in [-0.25, -0.2) is 12.7 Å². The van der Waals surface area contributed by atoms with Crippen LogP contribution in [0, 0.1) is 5.41 Å². The lowest BCUT2D eigenvalue weighted by atomic mass is 9.97. The van der Waals surface area contributed by atoms with E-state index in [1.807, 2.05) is 0 Å². The van der Waals surface area contributed by atoms with Crippen LogP contribution in [0.4, 0.5) is 0 Å². The molecule has 0 heterocycles. The minimum atomic E-state index is -3.05. The van der Waals surface area contributed by atoms with E-state index in [1.54, 1.807) is 14.1 Å². The highest BCUT2D eigenvalue weighted by Gasteiger charge is 2.14. The first-order valence-corrected chi connectivity index (χ1v) is 6.37. The first-order chi connectivity index (χ1) is 6.15. The van der Waals surface area contributed by atoms with Crippen LogP contribution in [-0.2, 0) is 10.0 Å². The van der Waals surface area contributed by atoms with Gasteiger partial charge in [0, 0.05) is 27.2 Å². The molecule has 14 heavy (non-hydrogen) atoms. The monoisotopic (exact) mass is 222 g/mol. The Hall–Kier alpha value is -0.130. The zero-order valence-electron chi connectivity index (χ0n) is 9.79. The zero-order valence-corrected chi connectivity index (χ0v) is 10.6. The summed E-state index contributed by atoms with van der Waals surface area (Å²) in [6.45, 7) is 7.68. The van der Waals surface area contributed by atoms with Crippen LogP contribution in [0.15, 0.2) is 0 Å².